The van der Waals surface area contributed by atoms with E-state index in [1.807, 2.05) is 13.0 Å². The van der Waals surface area contributed by atoms with Gasteiger partial charge in [0.25, 0.3) is 0 Å². The van der Waals surface area contributed by atoms with E-state index in [9.17, 15) is 13.2 Å². The Balaban J connectivity index is 2.33. The Hall–Kier alpha value is -2.54. The average molecular weight is 362 g/mol. The lowest BCUT2D eigenvalue weighted by molar-refractivity contribution is -0.116. The SMILES string of the molecule is COc1ccc(C)cc1NC(=O)C(C)N(c1ccccc1)S(C)(=O)=O. The maximum atomic E-state index is 12.7. The second-order valence-electron chi connectivity index (χ2n) is 5.76. The molecule has 2 aromatic carbocycles. The van der Waals surface area contributed by atoms with Crippen molar-refractivity contribution in [2.45, 2.75) is 19.9 Å². The van der Waals surface area contributed by atoms with Crippen molar-refractivity contribution < 1.29 is 17.9 Å². The van der Waals surface area contributed by atoms with Crippen LogP contribution in [0, 0.1) is 6.92 Å². The summed E-state index contributed by atoms with van der Waals surface area (Å²) in [7, 11) is -2.13. The molecule has 0 saturated carbocycles. The van der Waals surface area contributed by atoms with Gasteiger partial charge in [0, 0.05) is 0 Å². The van der Waals surface area contributed by atoms with Gasteiger partial charge in [-0.2, -0.15) is 0 Å². The first kappa shape index (κ1) is 18.8. The number of carbonyl (C=O) groups is 1. The van der Waals surface area contributed by atoms with E-state index < -0.39 is 22.0 Å². The van der Waals surface area contributed by atoms with Crippen molar-refractivity contribution in [3.8, 4) is 5.75 Å². The Morgan fingerprint density at radius 3 is 2.36 bits per heavy atom. The molecule has 0 aromatic heterocycles. The van der Waals surface area contributed by atoms with E-state index in [1.54, 1.807) is 49.4 Å². The van der Waals surface area contributed by atoms with E-state index in [1.165, 1.54) is 7.11 Å². The molecule has 2 rings (SSSR count). The Bertz CT molecular complexity index is 851. The maximum absolute atomic E-state index is 12.7. The zero-order valence-corrected chi connectivity index (χ0v) is 15.5. The molecule has 1 unspecified atom stereocenters. The Labute approximate surface area is 148 Å². The molecule has 0 fully saturated rings. The number of para-hydroxylation sites is 1. The minimum atomic E-state index is -3.64. The van der Waals surface area contributed by atoms with Crippen LogP contribution in [-0.2, 0) is 14.8 Å². The third-order valence-corrected chi connectivity index (χ3v) is 4.95. The fourth-order valence-electron chi connectivity index (χ4n) is 2.54. The molecule has 0 aliphatic carbocycles. The number of aryl methyl sites for hydroxylation is 1. The highest BCUT2D eigenvalue weighted by molar-refractivity contribution is 7.92. The predicted octanol–water partition coefficient (Wildman–Crippen LogP) is 2.80. The number of nitrogens with zero attached hydrogens (tertiary/aromatic N) is 1. The maximum Gasteiger partial charge on any atom is 0.248 e. The van der Waals surface area contributed by atoms with Crippen molar-refractivity contribution in [2.75, 3.05) is 23.0 Å². The van der Waals surface area contributed by atoms with Gasteiger partial charge in [-0.15, -0.1) is 0 Å². The number of hydrogen-bond acceptors (Lipinski definition) is 4. The third-order valence-electron chi connectivity index (χ3n) is 3.71. The Morgan fingerprint density at radius 1 is 1.16 bits per heavy atom. The van der Waals surface area contributed by atoms with Crippen molar-refractivity contribution in [3.05, 3.63) is 54.1 Å². The second-order valence-corrected chi connectivity index (χ2v) is 7.62. The number of anilines is 2. The Morgan fingerprint density at radius 2 is 1.80 bits per heavy atom. The molecule has 6 nitrogen and oxygen atoms in total. The van der Waals surface area contributed by atoms with E-state index in [4.69, 9.17) is 4.74 Å². The molecular weight excluding hydrogens is 340 g/mol. The van der Waals surface area contributed by atoms with Crippen molar-refractivity contribution in [1.29, 1.82) is 0 Å². The third kappa shape index (κ3) is 4.51. The van der Waals surface area contributed by atoms with Gasteiger partial charge < -0.3 is 10.1 Å². The monoisotopic (exact) mass is 362 g/mol. The standard InChI is InChI=1S/C18H22N2O4S/c1-13-10-11-17(24-3)16(12-13)19-18(21)14(2)20(25(4,22)23)15-8-6-5-7-9-15/h5-12,14H,1-4H3,(H,19,21). The molecule has 0 radical (unpaired) electrons. The number of benzene rings is 2. The van der Waals surface area contributed by atoms with Crippen molar-refractivity contribution in [3.63, 3.8) is 0 Å². The van der Waals surface area contributed by atoms with Crippen molar-refractivity contribution >= 4 is 27.3 Å². The number of nitrogens with one attached hydrogen (secondary N) is 1. The summed E-state index contributed by atoms with van der Waals surface area (Å²) in [5.74, 6) is 0.0648. The number of methoxy groups -OCH3 is 1. The summed E-state index contributed by atoms with van der Waals surface area (Å²) < 4.78 is 30.8. The predicted molar refractivity (Wildman–Crippen MR) is 99.6 cm³/mol. The fourth-order valence-corrected chi connectivity index (χ4v) is 3.72. The largest absolute Gasteiger partial charge is 0.495 e. The molecule has 1 N–H and O–H groups in total. The van der Waals surface area contributed by atoms with Crippen LogP contribution in [-0.4, -0.2) is 33.7 Å². The molecule has 0 spiro atoms. The first-order valence-corrected chi connectivity index (χ1v) is 9.59. The molecule has 1 amide bonds. The van der Waals surface area contributed by atoms with Crippen molar-refractivity contribution in [2.24, 2.45) is 0 Å². The van der Waals surface area contributed by atoms with Crippen LogP contribution in [0.15, 0.2) is 48.5 Å². The van der Waals surface area contributed by atoms with Gasteiger partial charge in [-0.05, 0) is 43.7 Å². The molecule has 0 bridgehead atoms. The van der Waals surface area contributed by atoms with Gasteiger partial charge in [-0.3, -0.25) is 9.10 Å². The van der Waals surface area contributed by atoms with Crippen LogP contribution in [0.1, 0.15) is 12.5 Å². The first-order valence-electron chi connectivity index (χ1n) is 7.74. The summed E-state index contributed by atoms with van der Waals surface area (Å²) in [4.78, 5) is 12.7. The van der Waals surface area contributed by atoms with Crippen LogP contribution < -0.4 is 14.4 Å². The van der Waals surface area contributed by atoms with Crippen LogP contribution in [0.3, 0.4) is 0 Å². The molecule has 2 aromatic rings. The summed E-state index contributed by atoms with van der Waals surface area (Å²) in [5, 5.41) is 2.75. The zero-order chi connectivity index (χ0) is 18.6. The number of ether oxygens (including phenoxy) is 1. The van der Waals surface area contributed by atoms with Gasteiger partial charge in [0.05, 0.1) is 24.7 Å². The number of carbonyl (C=O) groups excluding carboxylic acids is 1. The van der Waals surface area contributed by atoms with Gasteiger partial charge in [0.2, 0.25) is 15.9 Å². The van der Waals surface area contributed by atoms with Gasteiger partial charge in [0.15, 0.2) is 0 Å². The van der Waals surface area contributed by atoms with E-state index in [-0.39, 0.29) is 0 Å². The first-order chi connectivity index (χ1) is 11.7. The van der Waals surface area contributed by atoms with Gasteiger partial charge >= 0.3 is 0 Å². The highest BCUT2D eigenvalue weighted by atomic mass is 32.2. The highest BCUT2D eigenvalue weighted by Gasteiger charge is 2.29. The van der Waals surface area contributed by atoms with Gasteiger partial charge in [0.1, 0.15) is 11.8 Å². The summed E-state index contributed by atoms with van der Waals surface area (Å²) in [6.45, 7) is 3.44. The van der Waals surface area contributed by atoms with Crippen LogP contribution in [0.2, 0.25) is 0 Å². The molecule has 134 valence electrons. The number of rotatable bonds is 6. The van der Waals surface area contributed by atoms with E-state index in [2.05, 4.69) is 5.32 Å². The quantitative estimate of drug-likeness (QED) is 0.857. The average Bonchev–Trinajstić information content (AvgIpc) is 2.55. The topological polar surface area (TPSA) is 75.7 Å². The normalized spacial score (nSPS) is 12.3. The molecule has 0 aliphatic rings. The smallest absolute Gasteiger partial charge is 0.248 e. The van der Waals surface area contributed by atoms with Crippen LogP contribution in [0.25, 0.3) is 0 Å². The minimum absolute atomic E-state index is 0.434. The highest BCUT2D eigenvalue weighted by Crippen LogP contribution is 2.26. The Kier molecular flexibility index (Phi) is 5.69. The molecule has 25 heavy (non-hydrogen) atoms. The van der Waals surface area contributed by atoms with Crippen LogP contribution >= 0.6 is 0 Å². The zero-order valence-electron chi connectivity index (χ0n) is 14.7. The summed E-state index contributed by atoms with van der Waals surface area (Å²) in [6.07, 6.45) is 1.08. The molecule has 0 saturated heterocycles. The van der Waals surface area contributed by atoms with Gasteiger partial charge in [-0.25, -0.2) is 8.42 Å². The summed E-state index contributed by atoms with van der Waals surface area (Å²) >= 11 is 0. The number of sulfonamides is 1. The summed E-state index contributed by atoms with van der Waals surface area (Å²) in [5.41, 5.74) is 1.89. The van der Waals surface area contributed by atoms with Gasteiger partial charge in [-0.1, -0.05) is 24.3 Å². The van der Waals surface area contributed by atoms with E-state index in [0.29, 0.717) is 17.1 Å². The fraction of sp³-hybridized carbons (Fsp3) is 0.278. The number of amides is 1. The van der Waals surface area contributed by atoms with E-state index in [0.717, 1.165) is 16.1 Å². The minimum Gasteiger partial charge on any atom is -0.495 e. The number of hydrogen-bond donors (Lipinski definition) is 1. The molecule has 0 aliphatic heterocycles. The molecule has 0 heterocycles. The lowest BCUT2D eigenvalue weighted by Crippen LogP contribution is -2.45. The molecule has 7 heteroatoms. The van der Waals surface area contributed by atoms with Crippen LogP contribution in [0.5, 0.6) is 5.75 Å². The summed E-state index contributed by atoms with van der Waals surface area (Å²) in [6, 6.07) is 13.0. The molecular formula is C18H22N2O4S. The van der Waals surface area contributed by atoms with E-state index >= 15 is 0 Å². The lowest BCUT2D eigenvalue weighted by atomic mass is 10.2. The van der Waals surface area contributed by atoms with Crippen molar-refractivity contribution in [1.82, 2.24) is 0 Å². The van der Waals surface area contributed by atoms with Crippen LogP contribution in [0.4, 0.5) is 11.4 Å². The second kappa shape index (κ2) is 7.57. The molecule has 1 atom stereocenters. The lowest BCUT2D eigenvalue weighted by Gasteiger charge is -2.28.